The van der Waals surface area contributed by atoms with Crippen LogP contribution in [-0.2, 0) is 4.74 Å². The van der Waals surface area contributed by atoms with Gasteiger partial charge >= 0.3 is 0 Å². The first-order valence-electron chi connectivity index (χ1n) is 13.2. The Morgan fingerprint density at radius 2 is 1.82 bits per heavy atom. The van der Waals surface area contributed by atoms with E-state index >= 15 is 0 Å². The summed E-state index contributed by atoms with van der Waals surface area (Å²) in [5, 5.41) is 2.73. The van der Waals surface area contributed by atoms with Gasteiger partial charge in [-0.3, -0.25) is 0 Å². The molecule has 0 N–H and O–H groups in total. The summed E-state index contributed by atoms with van der Waals surface area (Å²) < 4.78 is 7.43. The monoisotopic (exact) mass is 439 g/mol. The molecule has 33 heavy (non-hydrogen) atoms. The van der Waals surface area contributed by atoms with E-state index in [1.54, 1.807) is 5.57 Å². The van der Waals surface area contributed by atoms with Crippen molar-refractivity contribution in [2.75, 3.05) is 14.1 Å². The molecule has 1 saturated heterocycles. The highest BCUT2D eigenvalue weighted by Crippen LogP contribution is 2.69. The fourth-order valence-electron chi connectivity index (χ4n) is 8.80. The Hall–Kier alpha value is -1.90. The fourth-order valence-corrected chi connectivity index (χ4v) is 8.80. The molecule has 3 aliphatic carbocycles. The van der Waals surface area contributed by atoms with Crippen LogP contribution in [0.4, 0.5) is 0 Å². The van der Waals surface area contributed by atoms with E-state index in [9.17, 15) is 0 Å². The zero-order valence-electron chi connectivity index (χ0n) is 20.4. The molecule has 172 valence electrons. The number of benzene rings is 2. The standard InChI is InChI=1S/C31H37NO/c1-29-15-14-25-19-24-10-11-26(32(2)3)20-30(24)16-17-31(25,33-30)28(29)13-12-27(29)23-9-8-21-6-4-5-7-22(21)18-23/h4-9,14,18-19,26-28H,10-13,15-17,20H2,1-3H3/t26-,27-,28-,29-,30-,31-/m1/s1. The molecule has 0 unspecified atom stereocenters. The smallest absolute Gasteiger partial charge is 0.0974 e. The predicted octanol–water partition coefficient (Wildman–Crippen LogP) is 7.01. The van der Waals surface area contributed by atoms with Gasteiger partial charge in [-0.2, -0.15) is 0 Å². The SMILES string of the molecule is CN(C)[C@@H]1CCC2=CC3=CC[C@]4(C)[C@@H](c5ccc6ccccc6c5)CC[C@H]4[C@@]34CC[C@]2(C1)O4. The highest BCUT2D eigenvalue weighted by molar-refractivity contribution is 5.83. The minimum absolute atomic E-state index is 0.00378. The molecule has 3 fully saturated rings. The average Bonchev–Trinajstić information content (AvgIpc) is 3.33. The number of ether oxygens (including phenoxy) is 1. The largest absolute Gasteiger partial charge is 0.359 e. The van der Waals surface area contributed by atoms with Crippen LogP contribution in [0, 0.1) is 11.3 Å². The number of hydrogen-bond acceptors (Lipinski definition) is 2. The van der Waals surface area contributed by atoms with Crippen molar-refractivity contribution in [3.63, 3.8) is 0 Å². The Bertz CT molecular complexity index is 1190. The molecule has 2 aromatic carbocycles. The van der Waals surface area contributed by atoms with Gasteiger partial charge in [0.2, 0.25) is 0 Å². The van der Waals surface area contributed by atoms with Crippen LogP contribution in [0.2, 0.25) is 0 Å². The van der Waals surface area contributed by atoms with Crippen molar-refractivity contribution in [3.05, 3.63) is 71.3 Å². The number of fused-ring (bicyclic) bond motifs is 2. The van der Waals surface area contributed by atoms with E-state index in [2.05, 4.69) is 80.5 Å². The summed E-state index contributed by atoms with van der Waals surface area (Å²) in [7, 11) is 4.50. The molecule has 2 heteroatoms. The third kappa shape index (κ3) is 2.68. The van der Waals surface area contributed by atoms with Crippen molar-refractivity contribution < 1.29 is 4.74 Å². The molecule has 0 amide bonds. The van der Waals surface area contributed by atoms with E-state index in [-0.39, 0.29) is 16.6 Å². The van der Waals surface area contributed by atoms with Gasteiger partial charge in [-0.1, -0.05) is 61.5 Å². The summed E-state index contributed by atoms with van der Waals surface area (Å²) in [6.07, 6.45) is 15.1. The van der Waals surface area contributed by atoms with Crippen molar-refractivity contribution in [3.8, 4) is 0 Å². The van der Waals surface area contributed by atoms with Gasteiger partial charge in [0.25, 0.3) is 0 Å². The number of rotatable bonds is 2. The highest BCUT2D eigenvalue weighted by atomic mass is 16.5. The summed E-state index contributed by atoms with van der Waals surface area (Å²) in [5.41, 5.74) is 4.92. The zero-order valence-corrected chi connectivity index (χ0v) is 20.4. The van der Waals surface area contributed by atoms with Gasteiger partial charge in [-0.25, -0.2) is 0 Å². The van der Waals surface area contributed by atoms with Crippen LogP contribution >= 0.6 is 0 Å². The molecule has 2 spiro atoms. The van der Waals surface area contributed by atoms with Gasteiger partial charge in [0.15, 0.2) is 0 Å². The Balaban J connectivity index is 1.28. The molecule has 6 atom stereocenters. The normalized spacial score (nSPS) is 41.4. The molecule has 2 aliphatic heterocycles. The third-order valence-electron chi connectivity index (χ3n) is 10.6. The maximum absolute atomic E-state index is 7.43. The third-order valence-corrected chi connectivity index (χ3v) is 10.6. The molecule has 2 bridgehead atoms. The molecule has 2 saturated carbocycles. The second-order valence-corrected chi connectivity index (χ2v) is 12.2. The van der Waals surface area contributed by atoms with E-state index in [1.807, 2.05) is 0 Å². The number of allylic oxidation sites excluding steroid dienone is 1. The number of nitrogens with zero attached hydrogens (tertiary/aromatic N) is 1. The van der Waals surface area contributed by atoms with Crippen LogP contribution in [0.25, 0.3) is 10.8 Å². The van der Waals surface area contributed by atoms with Gasteiger partial charge in [0, 0.05) is 6.04 Å². The van der Waals surface area contributed by atoms with Gasteiger partial charge in [-0.05, 0) is 110 Å². The Morgan fingerprint density at radius 1 is 0.970 bits per heavy atom. The topological polar surface area (TPSA) is 12.5 Å². The average molecular weight is 440 g/mol. The molecule has 0 radical (unpaired) electrons. The lowest BCUT2D eigenvalue weighted by molar-refractivity contribution is -0.139. The molecule has 2 aromatic rings. The summed E-state index contributed by atoms with van der Waals surface area (Å²) in [6.45, 7) is 2.59. The first-order chi connectivity index (χ1) is 15.9. The molecule has 0 aromatic heterocycles. The molecule has 5 aliphatic rings. The zero-order chi connectivity index (χ0) is 22.4. The van der Waals surface area contributed by atoms with Crippen molar-refractivity contribution in [2.24, 2.45) is 11.3 Å². The lowest BCUT2D eigenvalue weighted by atomic mass is 9.58. The minimum atomic E-state index is -0.0453. The van der Waals surface area contributed by atoms with Crippen molar-refractivity contribution in [1.82, 2.24) is 4.90 Å². The Labute approximate surface area is 198 Å². The first-order valence-corrected chi connectivity index (χ1v) is 13.2. The minimum Gasteiger partial charge on any atom is -0.359 e. The number of hydrogen-bond donors (Lipinski definition) is 0. The Morgan fingerprint density at radius 3 is 2.67 bits per heavy atom. The Kier molecular flexibility index (Phi) is 4.24. The van der Waals surface area contributed by atoms with Crippen LogP contribution in [0.1, 0.15) is 69.8 Å². The van der Waals surface area contributed by atoms with Crippen LogP contribution in [0.3, 0.4) is 0 Å². The second kappa shape index (κ2) is 6.83. The summed E-state index contributed by atoms with van der Waals surface area (Å²) in [5.74, 6) is 1.24. The van der Waals surface area contributed by atoms with Crippen molar-refractivity contribution in [2.45, 2.75) is 81.5 Å². The van der Waals surface area contributed by atoms with Gasteiger partial charge < -0.3 is 9.64 Å². The van der Waals surface area contributed by atoms with E-state index < -0.39 is 0 Å². The van der Waals surface area contributed by atoms with Crippen LogP contribution in [0.5, 0.6) is 0 Å². The van der Waals surface area contributed by atoms with Crippen LogP contribution in [-0.4, -0.2) is 36.2 Å². The van der Waals surface area contributed by atoms with E-state index in [4.69, 9.17) is 4.74 Å². The fraction of sp³-hybridized carbons (Fsp3) is 0.548. The lowest BCUT2D eigenvalue weighted by Crippen LogP contribution is -2.55. The van der Waals surface area contributed by atoms with Crippen LogP contribution in [0.15, 0.2) is 65.8 Å². The summed E-state index contributed by atoms with van der Waals surface area (Å²) >= 11 is 0. The van der Waals surface area contributed by atoms with Crippen molar-refractivity contribution >= 4 is 10.8 Å². The molecule has 7 rings (SSSR count). The first kappa shape index (κ1) is 20.5. The quantitative estimate of drug-likeness (QED) is 0.499. The molecule has 2 heterocycles. The van der Waals surface area contributed by atoms with E-state index in [0.29, 0.717) is 17.9 Å². The van der Waals surface area contributed by atoms with E-state index in [0.717, 1.165) is 0 Å². The molecule has 2 nitrogen and oxygen atoms in total. The van der Waals surface area contributed by atoms with Gasteiger partial charge in [0.05, 0.1) is 11.2 Å². The highest BCUT2D eigenvalue weighted by Gasteiger charge is 2.66. The maximum atomic E-state index is 7.43. The van der Waals surface area contributed by atoms with Gasteiger partial charge in [0.1, 0.15) is 0 Å². The van der Waals surface area contributed by atoms with E-state index in [1.165, 1.54) is 73.3 Å². The maximum Gasteiger partial charge on any atom is 0.0974 e. The predicted molar refractivity (Wildman–Crippen MR) is 135 cm³/mol. The van der Waals surface area contributed by atoms with Gasteiger partial charge in [-0.15, -0.1) is 0 Å². The molecular weight excluding hydrogens is 402 g/mol. The van der Waals surface area contributed by atoms with Crippen LogP contribution < -0.4 is 0 Å². The summed E-state index contributed by atoms with van der Waals surface area (Å²) in [4.78, 5) is 2.43. The second-order valence-electron chi connectivity index (χ2n) is 12.2. The van der Waals surface area contributed by atoms with Crippen molar-refractivity contribution in [1.29, 1.82) is 0 Å². The summed E-state index contributed by atoms with van der Waals surface area (Å²) in [6, 6.07) is 16.7. The molecular formula is C31H37NO. The lowest BCUT2D eigenvalue weighted by Gasteiger charge is -2.54.